The van der Waals surface area contributed by atoms with E-state index in [2.05, 4.69) is 53.6 Å². The number of amides is 2. The van der Waals surface area contributed by atoms with Crippen molar-refractivity contribution in [3.05, 3.63) is 101 Å². The van der Waals surface area contributed by atoms with Gasteiger partial charge in [-0.2, -0.15) is 0 Å². The minimum atomic E-state index is -0.173. The number of ether oxygens (including phenoxy) is 1. The van der Waals surface area contributed by atoms with E-state index in [4.69, 9.17) is 4.74 Å². The third-order valence-electron chi connectivity index (χ3n) is 6.27. The van der Waals surface area contributed by atoms with Crippen LogP contribution in [0.5, 0.6) is 5.75 Å². The van der Waals surface area contributed by atoms with Crippen LogP contribution in [0.15, 0.2) is 72.8 Å². The molecule has 2 N–H and O–H groups in total. The maximum atomic E-state index is 13.3. The van der Waals surface area contributed by atoms with E-state index >= 15 is 0 Å². The number of rotatable bonds is 4. The Hall–Kier alpha value is -3.73. The monoisotopic (exact) mass is 425 g/mol. The lowest BCUT2D eigenvalue weighted by atomic mass is 9.92. The van der Waals surface area contributed by atoms with Crippen molar-refractivity contribution in [1.29, 1.82) is 0 Å². The summed E-state index contributed by atoms with van der Waals surface area (Å²) in [5.74, 6) is 0.842. The minimum Gasteiger partial charge on any atom is -0.497 e. The Kier molecular flexibility index (Phi) is 5.31. The van der Waals surface area contributed by atoms with E-state index in [0.29, 0.717) is 13.1 Å². The van der Waals surface area contributed by atoms with Crippen LogP contribution in [0, 0.1) is 6.92 Å². The molecule has 2 heterocycles. The Labute approximate surface area is 188 Å². The minimum absolute atomic E-state index is 0.0543. The van der Waals surface area contributed by atoms with E-state index in [-0.39, 0.29) is 12.1 Å². The van der Waals surface area contributed by atoms with Crippen molar-refractivity contribution in [2.75, 3.05) is 13.7 Å². The summed E-state index contributed by atoms with van der Waals surface area (Å²) in [6.45, 7) is 3.24. The number of carbonyl (C=O) groups excluding carboxylic acids is 1. The van der Waals surface area contributed by atoms with Gasteiger partial charge in [0.2, 0.25) is 0 Å². The van der Waals surface area contributed by atoms with E-state index in [9.17, 15) is 4.79 Å². The van der Waals surface area contributed by atoms with Crippen LogP contribution in [0.3, 0.4) is 0 Å². The second kappa shape index (κ2) is 8.42. The van der Waals surface area contributed by atoms with Crippen molar-refractivity contribution in [3.63, 3.8) is 0 Å². The average Bonchev–Trinajstić information content (AvgIpc) is 3.21. The van der Waals surface area contributed by atoms with Gasteiger partial charge in [0.1, 0.15) is 5.75 Å². The summed E-state index contributed by atoms with van der Waals surface area (Å²) >= 11 is 0. The van der Waals surface area contributed by atoms with Crippen LogP contribution < -0.4 is 10.1 Å². The number of benzene rings is 3. The average molecular weight is 426 g/mol. The summed E-state index contributed by atoms with van der Waals surface area (Å²) in [5.41, 5.74) is 6.80. The van der Waals surface area contributed by atoms with E-state index < -0.39 is 0 Å². The molecular weight excluding hydrogens is 398 g/mol. The molecule has 5 heteroatoms. The lowest BCUT2D eigenvalue weighted by Crippen LogP contribution is -2.45. The van der Waals surface area contributed by atoms with Crippen LogP contribution in [0.25, 0.3) is 10.9 Å². The molecule has 1 aliphatic rings. The first-order valence-electron chi connectivity index (χ1n) is 11.0. The summed E-state index contributed by atoms with van der Waals surface area (Å²) < 4.78 is 5.45. The van der Waals surface area contributed by atoms with Crippen LogP contribution in [0.4, 0.5) is 4.79 Å². The normalized spacial score (nSPS) is 15.4. The molecule has 1 atom stereocenters. The van der Waals surface area contributed by atoms with Crippen molar-refractivity contribution in [1.82, 2.24) is 15.2 Å². The fourth-order valence-electron chi connectivity index (χ4n) is 4.58. The number of nitrogens with zero attached hydrogens (tertiary/aromatic N) is 1. The molecule has 162 valence electrons. The summed E-state index contributed by atoms with van der Waals surface area (Å²) in [6, 6.07) is 24.3. The van der Waals surface area contributed by atoms with Crippen molar-refractivity contribution < 1.29 is 9.53 Å². The van der Waals surface area contributed by atoms with Gasteiger partial charge < -0.3 is 19.9 Å². The Morgan fingerprint density at radius 1 is 1.09 bits per heavy atom. The van der Waals surface area contributed by atoms with E-state index in [1.807, 2.05) is 41.3 Å². The molecule has 0 saturated heterocycles. The number of urea groups is 1. The predicted octanol–water partition coefficient (Wildman–Crippen LogP) is 5.34. The first kappa shape index (κ1) is 20.2. The molecule has 32 heavy (non-hydrogen) atoms. The zero-order valence-electron chi connectivity index (χ0n) is 18.4. The molecule has 0 bridgehead atoms. The summed E-state index contributed by atoms with van der Waals surface area (Å²) in [4.78, 5) is 18.9. The van der Waals surface area contributed by atoms with Crippen LogP contribution in [-0.4, -0.2) is 29.6 Å². The molecular formula is C27H27N3O2. The molecule has 1 aliphatic heterocycles. The molecule has 5 nitrogen and oxygen atoms in total. The smallest absolute Gasteiger partial charge is 0.318 e. The van der Waals surface area contributed by atoms with Crippen molar-refractivity contribution in [3.8, 4) is 5.75 Å². The highest BCUT2D eigenvalue weighted by molar-refractivity contribution is 5.87. The number of fused-ring (bicyclic) bond motifs is 3. The van der Waals surface area contributed by atoms with Gasteiger partial charge in [-0.05, 0) is 48.2 Å². The number of hydrogen-bond acceptors (Lipinski definition) is 2. The van der Waals surface area contributed by atoms with Crippen LogP contribution in [0.2, 0.25) is 0 Å². The largest absolute Gasteiger partial charge is 0.497 e. The van der Waals surface area contributed by atoms with Gasteiger partial charge in [0, 0.05) is 29.7 Å². The third-order valence-corrected chi connectivity index (χ3v) is 6.27. The molecule has 0 radical (unpaired) electrons. The first-order valence-corrected chi connectivity index (χ1v) is 11.0. The number of aromatic nitrogens is 1. The number of aryl methyl sites for hydroxylation is 1. The molecule has 0 fully saturated rings. The van der Waals surface area contributed by atoms with Crippen LogP contribution in [0.1, 0.15) is 34.0 Å². The van der Waals surface area contributed by atoms with E-state index in [0.717, 1.165) is 34.5 Å². The fourth-order valence-corrected chi connectivity index (χ4v) is 4.58. The molecule has 0 saturated carbocycles. The second-order valence-corrected chi connectivity index (χ2v) is 8.33. The number of H-pyrrole nitrogens is 1. The fraction of sp³-hybridized carbons (Fsp3) is 0.222. The number of aromatic amines is 1. The van der Waals surface area contributed by atoms with Gasteiger partial charge in [-0.1, -0.05) is 60.2 Å². The molecule has 0 aliphatic carbocycles. The quantitative estimate of drug-likeness (QED) is 0.464. The van der Waals surface area contributed by atoms with E-state index in [1.54, 1.807) is 7.11 Å². The summed E-state index contributed by atoms with van der Waals surface area (Å²) in [6.07, 6.45) is 0.795. The number of nitrogens with one attached hydrogen (secondary N) is 2. The predicted molar refractivity (Wildman–Crippen MR) is 127 cm³/mol. The van der Waals surface area contributed by atoms with Gasteiger partial charge in [0.15, 0.2) is 0 Å². The molecule has 1 aromatic heterocycles. The zero-order chi connectivity index (χ0) is 22.1. The molecule has 3 aromatic carbocycles. The summed E-state index contributed by atoms with van der Waals surface area (Å²) in [5, 5.41) is 4.28. The Morgan fingerprint density at radius 2 is 1.88 bits per heavy atom. The lowest BCUT2D eigenvalue weighted by Gasteiger charge is -2.36. The highest BCUT2D eigenvalue weighted by atomic mass is 16.5. The molecule has 4 aromatic rings. The molecule has 5 rings (SSSR count). The maximum absolute atomic E-state index is 13.3. The van der Waals surface area contributed by atoms with Crippen LogP contribution >= 0.6 is 0 Å². The highest BCUT2D eigenvalue weighted by Gasteiger charge is 2.34. The standard InChI is InChI=1S/C27H27N3O2/c1-18-8-10-20(11-9-18)26-25-22(23-16-21(32-2)12-13-24(23)29-25)14-15-30(26)27(31)28-17-19-6-4-3-5-7-19/h3-13,16,26,29H,14-15,17H2,1-2H3,(H,28,31)/t26-/m0/s1. The van der Waals surface area contributed by atoms with Gasteiger partial charge in [-0.25, -0.2) is 4.79 Å². The number of hydrogen-bond donors (Lipinski definition) is 2. The van der Waals surface area contributed by atoms with Gasteiger partial charge in [-0.15, -0.1) is 0 Å². The zero-order valence-corrected chi connectivity index (χ0v) is 18.4. The SMILES string of the molecule is COc1ccc2[nH]c3c(c2c1)CCN(C(=O)NCc1ccccc1)[C@H]3c1ccc(C)cc1. The third kappa shape index (κ3) is 3.71. The summed E-state index contributed by atoms with van der Waals surface area (Å²) in [7, 11) is 1.69. The Balaban J connectivity index is 1.53. The molecule has 0 spiro atoms. The molecule has 2 amide bonds. The maximum Gasteiger partial charge on any atom is 0.318 e. The van der Waals surface area contributed by atoms with Crippen molar-refractivity contribution in [2.45, 2.75) is 25.9 Å². The van der Waals surface area contributed by atoms with Gasteiger partial charge >= 0.3 is 6.03 Å². The van der Waals surface area contributed by atoms with Crippen LogP contribution in [-0.2, 0) is 13.0 Å². The highest BCUT2D eigenvalue weighted by Crippen LogP contribution is 2.39. The Bertz CT molecular complexity index is 1250. The van der Waals surface area contributed by atoms with Crippen molar-refractivity contribution in [2.24, 2.45) is 0 Å². The van der Waals surface area contributed by atoms with Gasteiger partial charge in [0.05, 0.1) is 13.2 Å². The number of methoxy groups -OCH3 is 1. The number of carbonyl (C=O) groups is 1. The first-order chi connectivity index (χ1) is 15.6. The van der Waals surface area contributed by atoms with Gasteiger partial charge in [0.25, 0.3) is 0 Å². The lowest BCUT2D eigenvalue weighted by molar-refractivity contribution is 0.179. The topological polar surface area (TPSA) is 57.4 Å². The Morgan fingerprint density at radius 3 is 2.62 bits per heavy atom. The van der Waals surface area contributed by atoms with E-state index in [1.165, 1.54) is 16.5 Å². The van der Waals surface area contributed by atoms with Gasteiger partial charge in [-0.3, -0.25) is 0 Å². The second-order valence-electron chi connectivity index (χ2n) is 8.33. The molecule has 0 unspecified atom stereocenters. The van der Waals surface area contributed by atoms with Crippen molar-refractivity contribution >= 4 is 16.9 Å².